The SMILES string of the molecule is Cc1ccnc(-c2cncc(O[C@@H]3SC[C@@H](O)[C@H](O)[C@H]3O)c2)c1. The molecule has 1 fully saturated rings. The van der Waals surface area contributed by atoms with E-state index in [1.165, 1.54) is 11.8 Å². The van der Waals surface area contributed by atoms with Crippen molar-refractivity contribution in [3.05, 3.63) is 42.4 Å². The van der Waals surface area contributed by atoms with E-state index in [1.54, 1.807) is 24.7 Å². The Kier molecular flexibility index (Phi) is 4.82. The lowest BCUT2D eigenvalue weighted by Gasteiger charge is -2.34. The molecule has 7 heteroatoms. The van der Waals surface area contributed by atoms with Crippen LogP contribution in [0, 0.1) is 6.92 Å². The number of aromatic nitrogens is 2. The van der Waals surface area contributed by atoms with Crippen LogP contribution < -0.4 is 4.74 Å². The van der Waals surface area contributed by atoms with Crippen molar-refractivity contribution in [2.24, 2.45) is 0 Å². The zero-order valence-corrected chi connectivity index (χ0v) is 13.3. The van der Waals surface area contributed by atoms with Crippen LogP contribution in [0.2, 0.25) is 0 Å². The van der Waals surface area contributed by atoms with Gasteiger partial charge in [-0.25, -0.2) is 0 Å². The first-order valence-corrected chi connectivity index (χ1v) is 8.30. The van der Waals surface area contributed by atoms with Crippen LogP contribution in [-0.4, -0.2) is 54.8 Å². The molecule has 0 aromatic carbocycles. The number of pyridine rings is 2. The number of aliphatic hydroxyl groups excluding tert-OH is 3. The Morgan fingerprint density at radius 2 is 2.00 bits per heavy atom. The molecule has 0 saturated carbocycles. The van der Waals surface area contributed by atoms with Crippen molar-refractivity contribution in [2.75, 3.05) is 5.75 Å². The highest BCUT2D eigenvalue weighted by molar-refractivity contribution is 7.99. The quantitative estimate of drug-likeness (QED) is 0.770. The Labute approximate surface area is 138 Å². The van der Waals surface area contributed by atoms with Crippen molar-refractivity contribution in [2.45, 2.75) is 30.7 Å². The second-order valence-electron chi connectivity index (χ2n) is 5.50. The van der Waals surface area contributed by atoms with Gasteiger partial charge in [-0.3, -0.25) is 9.97 Å². The van der Waals surface area contributed by atoms with Crippen LogP contribution >= 0.6 is 11.8 Å². The van der Waals surface area contributed by atoms with Gasteiger partial charge in [0.15, 0.2) is 5.44 Å². The summed E-state index contributed by atoms with van der Waals surface area (Å²) < 4.78 is 5.73. The van der Waals surface area contributed by atoms with Gasteiger partial charge in [0.2, 0.25) is 0 Å². The van der Waals surface area contributed by atoms with Crippen LogP contribution in [0.3, 0.4) is 0 Å². The van der Waals surface area contributed by atoms with E-state index >= 15 is 0 Å². The molecule has 0 radical (unpaired) electrons. The number of ether oxygens (including phenoxy) is 1. The first-order valence-electron chi connectivity index (χ1n) is 7.25. The molecule has 3 rings (SSSR count). The Hall–Kier alpha value is -1.67. The van der Waals surface area contributed by atoms with E-state index in [2.05, 4.69) is 9.97 Å². The van der Waals surface area contributed by atoms with Crippen LogP contribution in [0.1, 0.15) is 5.56 Å². The van der Waals surface area contributed by atoms with E-state index in [9.17, 15) is 15.3 Å². The number of aliphatic hydroxyl groups is 3. The van der Waals surface area contributed by atoms with Gasteiger partial charge >= 0.3 is 0 Å². The van der Waals surface area contributed by atoms with Crippen molar-refractivity contribution in [1.29, 1.82) is 0 Å². The number of hydrogen-bond acceptors (Lipinski definition) is 7. The third kappa shape index (κ3) is 3.64. The minimum atomic E-state index is -1.21. The van der Waals surface area contributed by atoms with Crippen molar-refractivity contribution < 1.29 is 20.1 Å². The lowest BCUT2D eigenvalue weighted by molar-refractivity contribution is -0.0786. The number of nitrogens with zero attached hydrogens (tertiary/aromatic N) is 2. The molecule has 122 valence electrons. The van der Waals surface area contributed by atoms with Crippen molar-refractivity contribution in [1.82, 2.24) is 9.97 Å². The Morgan fingerprint density at radius 1 is 1.17 bits per heavy atom. The first kappa shape index (κ1) is 16.2. The fourth-order valence-electron chi connectivity index (χ4n) is 2.33. The summed E-state index contributed by atoms with van der Waals surface area (Å²) in [6.07, 6.45) is 1.65. The molecule has 1 saturated heterocycles. The zero-order chi connectivity index (χ0) is 16.4. The molecule has 4 atom stereocenters. The Balaban J connectivity index is 1.78. The van der Waals surface area contributed by atoms with Crippen LogP contribution in [0.15, 0.2) is 36.8 Å². The summed E-state index contributed by atoms with van der Waals surface area (Å²) in [5.41, 5.74) is 2.03. The van der Waals surface area contributed by atoms with E-state index in [0.29, 0.717) is 11.5 Å². The summed E-state index contributed by atoms with van der Waals surface area (Å²) >= 11 is 1.26. The van der Waals surface area contributed by atoms with Gasteiger partial charge in [-0.05, 0) is 30.7 Å². The van der Waals surface area contributed by atoms with Crippen LogP contribution in [0.4, 0.5) is 0 Å². The number of rotatable bonds is 3. The number of hydrogen-bond donors (Lipinski definition) is 3. The minimum absolute atomic E-state index is 0.301. The highest BCUT2D eigenvalue weighted by Gasteiger charge is 2.38. The summed E-state index contributed by atoms with van der Waals surface area (Å²) in [7, 11) is 0. The van der Waals surface area contributed by atoms with Gasteiger partial charge in [0.1, 0.15) is 18.0 Å². The molecule has 6 nitrogen and oxygen atoms in total. The molecule has 0 bridgehead atoms. The van der Waals surface area contributed by atoms with E-state index < -0.39 is 23.7 Å². The average molecular weight is 334 g/mol. The van der Waals surface area contributed by atoms with Gasteiger partial charge in [-0.1, -0.05) is 0 Å². The van der Waals surface area contributed by atoms with Crippen molar-refractivity contribution in [3.63, 3.8) is 0 Å². The molecule has 1 aliphatic heterocycles. The summed E-state index contributed by atoms with van der Waals surface area (Å²) in [5.74, 6) is 0.779. The number of aryl methyl sites for hydroxylation is 1. The van der Waals surface area contributed by atoms with Gasteiger partial charge in [-0.15, -0.1) is 11.8 Å². The smallest absolute Gasteiger partial charge is 0.173 e. The fraction of sp³-hybridized carbons (Fsp3) is 0.375. The normalized spacial score (nSPS) is 27.7. The summed E-state index contributed by atoms with van der Waals surface area (Å²) in [6, 6.07) is 5.66. The summed E-state index contributed by atoms with van der Waals surface area (Å²) in [4.78, 5) is 8.46. The molecule has 2 aromatic heterocycles. The first-order chi connectivity index (χ1) is 11.0. The van der Waals surface area contributed by atoms with Gasteiger partial charge in [0.05, 0.1) is 18.0 Å². The predicted octanol–water partition coefficient (Wildman–Crippen LogP) is 0.986. The third-order valence-electron chi connectivity index (χ3n) is 3.63. The fourth-order valence-corrected chi connectivity index (χ4v) is 3.46. The maximum atomic E-state index is 10.0. The highest BCUT2D eigenvalue weighted by Crippen LogP contribution is 2.30. The third-order valence-corrected chi connectivity index (χ3v) is 4.87. The van der Waals surface area contributed by atoms with Crippen LogP contribution in [0.25, 0.3) is 11.3 Å². The lowest BCUT2D eigenvalue weighted by Crippen LogP contribution is -2.50. The van der Waals surface area contributed by atoms with Crippen molar-refractivity contribution >= 4 is 11.8 Å². The molecule has 0 unspecified atom stereocenters. The van der Waals surface area contributed by atoms with Gasteiger partial charge in [0, 0.05) is 23.7 Å². The second-order valence-corrected chi connectivity index (χ2v) is 6.63. The van der Waals surface area contributed by atoms with E-state index in [0.717, 1.165) is 16.8 Å². The Morgan fingerprint density at radius 3 is 2.78 bits per heavy atom. The van der Waals surface area contributed by atoms with Gasteiger partial charge < -0.3 is 20.1 Å². The zero-order valence-electron chi connectivity index (χ0n) is 12.5. The topological polar surface area (TPSA) is 95.7 Å². The molecule has 23 heavy (non-hydrogen) atoms. The van der Waals surface area contributed by atoms with Crippen LogP contribution in [0.5, 0.6) is 5.75 Å². The molecular weight excluding hydrogens is 316 g/mol. The van der Waals surface area contributed by atoms with Crippen molar-refractivity contribution in [3.8, 4) is 17.0 Å². The molecule has 0 spiro atoms. The summed E-state index contributed by atoms with van der Waals surface area (Å²) in [6.45, 7) is 1.99. The number of thioether (sulfide) groups is 1. The minimum Gasteiger partial charge on any atom is -0.475 e. The lowest BCUT2D eigenvalue weighted by atomic mass is 10.1. The Bertz CT molecular complexity index is 685. The highest BCUT2D eigenvalue weighted by atomic mass is 32.2. The molecule has 1 aliphatic rings. The molecule has 3 N–H and O–H groups in total. The molecule has 0 amide bonds. The second kappa shape index (κ2) is 6.84. The molecular formula is C16H18N2O4S. The predicted molar refractivity (Wildman–Crippen MR) is 87.1 cm³/mol. The van der Waals surface area contributed by atoms with E-state index in [1.807, 2.05) is 19.1 Å². The standard InChI is InChI=1S/C16H18N2O4S/c1-9-2-3-18-12(4-9)10-5-11(7-17-6-10)22-16-15(21)14(20)13(19)8-23-16/h2-7,13-16,19-21H,8H2,1H3/t13-,14+,15-,16-/m1/s1. The summed E-state index contributed by atoms with van der Waals surface area (Å²) in [5, 5.41) is 29.3. The van der Waals surface area contributed by atoms with Gasteiger partial charge in [0.25, 0.3) is 0 Å². The molecule has 0 aliphatic carbocycles. The van der Waals surface area contributed by atoms with Gasteiger partial charge in [-0.2, -0.15) is 0 Å². The molecule has 2 aromatic rings. The maximum Gasteiger partial charge on any atom is 0.173 e. The van der Waals surface area contributed by atoms with E-state index in [4.69, 9.17) is 4.74 Å². The monoisotopic (exact) mass is 334 g/mol. The maximum absolute atomic E-state index is 10.0. The molecule has 3 heterocycles. The van der Waals surface area contributed by atoms with E-state index in [-0.39, 0.29) is 0 Å². The largest absolute Gasteiger partial charge is 0.475 e. The average Bonchev–Trinajstić information content (AvgIpc) is 2.56. The van der Waals surface area contributed by atoms with Crippen LogP contribution in [-0.2, 0) is 0 Å².